The van der Waals surface area contributed by atoms with Crippen molar-refractivity contribution >= 4 is 12.0 Å². The van der Waals surface area contributed by atoms with Crippen molar-refractivity contribution < 1.29 is 23.5 Å². The number of hydrogen-bond acceptors (Lipinski definition) is 7. The van der Waals surface area contributed by atoms with E-state index in [1.165, 1.54) is 30.3 Å². The van der Waals surface area contributed by atoms with E-state index in [2.05, 4.69) is 34.6 Å². The molecule has 1 fully saturated rings. The van der Waals surface area contributed by atoms with Crippen LogP contribution in [0.1, 0.15) is 41.7 Å². The zero-order valence-electron chi connectivity index (χ0n) is 18.0. The molecule has 2 aromatic heterocycles. The lowest BCUT2D eigenvalue weighted by Crippen LogP contribution is -2.01. The first-order valence-electron chi connectivity index (χ1n) is 10.1. The number of nitrogens with zero attached hydrogens (tertiary/aromatic N) is 3. The molecule has 0 bridgehead atoms. The van der Waals surface area contributed by atoms with Gasteiger partial charge < -0.3 is 23.3 Å². The zero-order chi connectivity index (χ0) is 22.0. The summed E-state index contributed by atoms with van der Waals surface area (Å²) < 4.78 is 23.3. The highest BCUT2D eigenvalue weighted by atomic mass is 16.6. The SMILES string of the molecule is COc1ccc(-c2noc(COC(=O)/C=C/c3cc(C)n(C4CC4)c3C)n2)c(OC)c1. The second kappa shape index (κ2) is 8.67. The molecule has 0 aliphatic heterocycles. The summed E-state index contributed by atoms with van der Waals surface area (Å²) >= 11 is 0. The van der Waals surface area contributed by atoms with E-state index in [9.17, 15) is 4.79 Å². The van der Waals surface area contributed by atoms with Crippen molar-refractivity contribution in [3.05, 3.63) is 53.2 Å². The normalized spacial score (nSPS) is 13.5. The van der Waals surface area contributed by atoms with Crippen LogP contribution in [0.2, 0.25) is 0 Å². The first kappa shape index (κ1) is 20.7. The van der Waals surface area contributed by atoms with Crippen LogP contribution in [0.15, 0.2) is 34.9 Å². The quantitative estimate of drug-likeness (QED) is 0.395. The van der Waals surface area contributed by atoms with Gasteiger partial charge in [-0.05, 0) is 56.5 Å². The van der Waals surface area contributed by atoms with Gasteiger partial charge in [0.15, 0.2) is 6.61 Å². The Bertz CT molecular complexity index is 1120. The first-order valence-corrected chi connectivity index (χ1v) is 10.1. The molecule has 1 aliphatic carbocycles. The van der Waals surface area contributed by atoms with E-state index in [1.54, 1.807) is 38.5 Å². The van der Waals surface area contributed by atoms with Gasteiger partial charge in [0, 0.05) is 29.6 Å². The van der Waals surface area contributed by atoms with Gasteiger partial charge in [0.2, 0.25) is 5.82 Å². The van der Waals surface area contributed by atoms with Crippen molar-refractivity contribution in [1.82, 2.24) is 14.7 Å². The maximum atomic E-state index is 12.1. The molecule has 1 saturated carbocycles. The molecule has 162 valence electrons. The van der Waals surface area contributed by atoms with Gasteiger partial charge in [0.1, 0.15) is 11.5 Å². The minimum atomic E-state index is -0.474. The highest BCUT2D eigenvalue weighted by molar-refractivity contribution is 5.87. The highest BCUT2D eigenvalue weighted by Gasteiger charge is 2.26. The Morgan fingerprint density at radius 2 is 2.03 bits per heavy atom. The van der Waals surface area contributed by atoms with Gasteiger partial charge in [0.25, 0.3) is 5.89 Å². The summed E-state index contributed by atoms with van der Waals surface area (Å²) in [5.74, 6) is 1.27. The lowest BCUT2D eigenvalue weighted by Gasteiger charge is -2.07. The Balaban J connectivity index is 1.38. The summed E-state index contributed by atoms with van der Waals surface area (Å²) in [6, 6.07) is 7.98. The van der Waals surface area contributed by atoms with Gasteiger partial charge in [-0.3, -0.25) is 0 Å². The molecule has 31 heavy (non-hydrogen) atoms. The second-order valence-corrected chi connectivity index (χ2v) is 7.45. The number of methoxy groups -OCH3 is 2. The molecule has 0 N–H and O–H groups in total. The van der Waals surface area contributed by atoms with Crippen molar-refractivity contribution in [2.45, 2.75) is 39.3 Å². The Labute approximate surface area is 180 Å². The Hall–Kier alpha value is -3.55. The summed E-state index contributed by atoms with van der Waals surface area (Å²) in [4.78, 5) is 16.4. The molecule has 0 amide bonds. The van der Waals surface area contributed by atoms with Crippen molar-refractivity contribution in [2.24, 2.45) is 0 Å². The number of hydrogen-bond donors (Lipinski definition) is 0. The Morgan fingerprint density at radius 3 is 2.74 bits per heavy atom. The standard InChI is InChI=1S/C23H25N3O5/c1-14-11-16(15(2)26(14)17-6-7-17)5-10-22(27)30-13-21-24-23(25-31-21)19-9-8-18(28-3)12-20(19)29-4/h5,8-12,17H,6-7,13H2,1-4H3/b10-5+. The summed E-state index contributed by atoms with van der Waals surface area (Å²) in [6.07, 6.45) is 5.64. The molecular weight excluding hydrogens is 398 g/mol. The minimum Gasteiger partial charge on any atom is -0.497 e. The number of aryl methyl sites for hydroxylation is 1. The van der Waals surface area contributed by atoms with Crippen LogP contribution in [0.25, 0.3) is 17.5 Å². The number of esters is 1. The largest absolute Gasteiger partial charge is 0.497 e. The fraction of sp³-hybridized carbons (Fsp3) is 0.348. The van der Waals surface area contributed by atoms with Crippen LogP contribution < -0.4 is 9.47 Å². The van der Waals surface area contributed by atoms with E-state index in [0.717, 1.165) is 5.56 Å². The van der Waals surface area contributed by atoms with Crippen molar-refractivity contribution in [3.63, 3.8) is 0 Å². The van der Waals surface area contributed by atoms with Crippen LogP contribution in [0.5, 0.6) is 11.5 Å². The number of rotatable bonds is 8. The monoisotopic (exact) mass is 423 g/mol. The minimum absolute atomic E-state index is 0.115. The lowest BCUT2D eigenvalue weighted by molar-refractivity contribution is -0.139. The fourth-order valence-electron chi connectivity index (χ4n) is 3.61. The molecule has 4 rings (SSSR count). The van der Waals surface area contributed by atoms with Gasteiger partial charge in [-0.15, -0.1) is 0 Å². The van der Waals surface area contributed by atoms with Crippen LogP contribution in [0.3, 0.4) is 0 Å². The summed E-state index contributed by atoms with van der Waals surface area (Å²) in [5, 5.41) is 3.95. The maximum absolute atomic E-state index is 12.1. The van der Waals surface area contributed by atoms with Crippen molar-refractivity contribution in [1.29, 1.82) is 0 Å². The average molecular weight is 423 g/mol. The molecule has 8 nitrogen and oxygen atoms in total. The van der Waals surface area contributed by atoms with Crippen molar-refractivity contribution in [2.75, 3.05) is 14.2 Å². The predicted molar refractivity (Wildman–Crippen MR) is 114 cm³/mol. The molecule has 2 heterocycles. The summed E-state index contributed by atoms with van der Waals surface area (Å²) in [5.41, 5.74) is 4.04. The Kier molecular flexibility index (Phi) is 5.79. The summed E-state index contributed by atoms with van der Waals surface area (Å²) in [7, 11) is 3.13. The van der Waals surface area contributed by atoms with Gasteiger partial charge in [-0.25, -0.2) is 4.79 Å². The molecule has 0 spiro atoms. The maximum Gasteiger partial charge on any atom is 0.331 e. The smallest absolute Gasteiger partial charge is 0.331 e. The number of carbonyl (C=O) groups is 1. The van der Waals surface area contributed by atoms with Gasteiger partial charge >= 0.3 is 5.97 Å². The van der Waals surface area contributed by atoms with E-state index in [4.69, 9.17) is 18.7 Å². The Morgan fingerprint density at radius 1 is 1.23 bits per heavy atom. The average Bonchev–Trinajstić information content (AvgIpc) is 3.42. The van der Waals surface area contributed by atoms with E-state index in [1.807, 2.05) is 0 Å². The highest BCUT2D eigenvalue weighted by Crippen LogP contribution is 2.38. The van der Waals surface area contributed by atoms with Crippen LogP contribution in [-0.2, 0) is 16.1 Å². The molecule has 1 aliphatic rings. The molecule has 3 aromatic rings. The topological polar surface area (TPSA) is 88.6 Å². The molecule has 0 saturated heterocycles. The van der Waals surface area contributed by atoms with E-state index >= 15 is 0 Å². The first-order chi connectivity index (χ1) is 15.0. The second-order valence-electron chi connectivity index (χ2n) is 7.45. The lowest BCUT2D eigenvalue weighted by atomic mass is 10.2. The van der Waals surface area contributed by atoms with Gasteiger partial charge in [0.05, 0.1) is 19.8 Å². The zero-order valence-corrected chi connectivity index (χ0v) is 18.0. The van der Waals surface area contributed by atoms with Gasteiger partial charge in [-0.2, -0.15) is 4.98 Å². The number of benzene rings is 1. The summed E-state index contributed by atoms with van der Waals surface area (Å²) in [6.45, 7) is 4.05. The molecule has 0 unspecified atom stereocenters. The van der Waals surface area contributed by atoms with Crippen LogP contribution in [0, 0.1) is 13.8 Å². The molecule has 8 heteroatoms. The molecule has 0 radical (unpaired) electrons. The fourth-order valence-corrected chi connectivity index (χ4v) is 3.61. The number of ether oxygens (including phenoxy) is 3. The molecule has 1 aromatic carbocycles. The third-order valence-corrected chi connectivity index (χ3v) is 5.29. The third-order valence-electron chi connectivity index (χ3n) is 5.29. The number of carbonyl (C=O) groups excluding carboxylic acids is 1. The van der Waals surface area contributed by atoms with Crippen molar-refractivity contribution in [3.8, 4) is 22.9 Å². The van der Waals surface area contributed by atoms with Gasteiger partial charge in [-0.1, -0.05) is 5.16 Å². The van der Waals surface area contributed by atoms with Crippen LogP contribution >= 0.6 is 0 Å². The van der Waals surface area contributed by atoms with E-state index in [0.29, 0.717) is 28.9 Å². The van der Waals surface area contributed by atoms with E-state index in [-0.39, 0.29) is 12.5 Å². The molecular formula is C23H25N3O5. The molecule has 0 atom stereocenters. The third kappa shape index (κ3) is 4.47. The number of aromatic nitrogens is 3. The van der Waals surface area contributed by atoms with Crippen LogP contribution in [0.4, 0.5) is 0 Å². The van der Waals surface area contributed by atoms with E-state index < -0.39 is 5.97 Å². The predicted octanol–water partition coefficient (Wildman–Crippen LogP) is 4.26. The van der Waals surface area contributed by atoms with Crippen LogP contribution in [-0.4, -0.2) is 34.9 Å².